The Balaban J connectivity index is 1.69. The monoisotopic (exact) mass is 337 g/mol. The SMILES string of the molecule is CC[C@@H](Oc1ccccc1F)C(=O)NCc1cccc2ccccc12. The average molecular weight is 337 g/mol. The molecule has 0 aliphatic heterocycles. The van der Waals surface area contributed by atoms with Gasteiger partial charge in [-0.15, -0.1) is 0 Å². The van der Waals surface area contributed by atoms with E-state index in [1.54, 1.807) is 12.1 Å². The maximum Gasteiger partial charge on any atom is 0.261 e. The maximum atomic E-state index is 13.7. The van der Waals surface area contributed by atoms with Crippen molar-refractivity contribution in [1.29, 1.82) is 0 Å². The Hall–Kier alpha value is -2.88. The highest BCUT2D eigenvalue weighted by Gasteiger charge is 2.19. The van der Waals surface area contributed by atoms with E-state index in [1.165, 1.54) is 12.1 Å². The summed E-state index contributed by atoms with van der Waals surface area (Å²) in [6.45, 7) is 2.24. The highest BCUT2D eigenvalue weighted by Crippen LogP contribution is 2.20. The number of hydrogen-bond donors (Lipinski definition) is 1. The highest BCUT2D eigenvalue weighted by molar-refractivity contribution is 5.86. The summed E-state index contributed by atoms with van der Waals surface area (Å²) >= 11 is 0. The molecule has 0 heterocycles. The molecule has 3 aromatic carbocycles. The van der Waals surface area contributed by atoms with Crippen LogP contribution in [0.15, 0.2) is 66.7 Å². The van der Waals surface area contributed by atoms with E-state index in [9.17, 15) is 9.18 Å². The van der Waals surface area contributed by atoms with Crippen LogP contribution >= 0.6 is 0 Å². The van der Waals surface area contributed by atoms with E-state index in [1.807, 2.05) is 49.4 Å². The molecule has 0 unspecified atom stereocenters. The maximum absolute atomic E-state index is 13.7. The smallest absolute Gasteiger partial charge is 0.261 e. The molecular weight excluding hydrogens is 317 g/mol. The van der Waals surface area contributed by atoms with E-state index in [4.69, 9.17) is 4.74 Å². The molecule has 128 valence electrons. The molecule has 0 fully saturated rings. The van der Waals surface area contributed by atoms with Crippen molar-refractivity contribution in [2.24, 2.45) is 0 Å². The number of benzene rings is 3. The summed E-state index contributed by atoms with van der Waals surface area (Å²) in [6, 6.07) is 20.1. The second-order valence-electron chi connectivity index (χ2n) is 5.80. The van der Waals surface area contributed by atoms with Crippen LogP contribution in [0.5, 0.6) is 5.75 Å². The molecule has 0 saturated carbocycles. The topological polar surface area (TPSA) is 38.3 Å². The van der Waals surface area contributed by atoms with Crippen molar-refractivity contribution in [2.75, 3.05) is 0 Å². The highest BCUT2D eigenvalue weighted by atomic mass is 19.1. The van der Waals surface area contributed by atoms with Gasteiger partial charge in [0.05, 0.1) is 0 Å². The predicted octanol–water partition coefficient (Wildman–Crippen LogP) is 4.45. The summed E-state index contributed by atoms with van der Waals surface area (Å²) in [4.78, 5) is 12.4. The van der Waals surface area contributed by atoms with Gasteiger partial charge in [0.15, 0.2) is 17.7 Å². The lowest BCUT2D eigenvalue weighted by atomic mass is 10.0. The lowest BCUT2D eigenvalue weighted by molar-refractivity contribution is -0.128. The number of hydrogen-bond acceptors (Lipinski definition) is 2. The fourth-order valence-electron chi connectivity index (χ4n) is 2.76. The van der Waals surface area contributed by atoms with Crippen LogP contribution in [0, 0.1) is 5.82 Å². The molecule has 0 aromatic heterocycles. The van der Waals surface area contributed by atoms with Gasteiger partial charge in [0.2, 0.25) is 0 Å². The Morgan fingerprint density at radius 2 is 1.76 bits per heavy atom. The molecule has 4 heteroatoms. The van der Waals surface area contributed by atoms with Gasteiger partial charge in [0.25, 0.3) is 5.91 Å². The zero-order chi connectivity index (χ0) is 17.6. The number of ether oxygens (including phenoxy) is 1. The Morgan fingerprint density at radius 3 is 2.56 bits per heavy atom. The van der Waals surface area contributed by atoms with Crippen molar-refractivity contribution in [2.45, 2.75) is 26.0 Å². The quantitative estimate of drug-likeness (QED) is 0.721. The van der Waals surface area contributed by atoms with E-state index in [-0.39, 0.29) is 11.7 Å². The number of nitrogens with one attached hydrogen (secondary N) is 1. The molecule has 3 aromatic rings. The summed E-state index contributed by atoms with van der Waals surface area (Å²) in [6.07, 6.45) is -0.276. The molecule has 0 saturated heterocycles. The van der Waals surface area contributed by atoms with Crippen LogP contribution in [0.3, 0.4) is 0 Å². The minimum absolute atomic E-state index is 0.0923. The number of rotatable bonds is 6. The standard InChI is InChI=1S/C21H20FNO2/c1-2-19(25-20-13-6-5-12-18(20)22)21(24)23-14-16-10-7-9-15-8-3-4-11-17(15)16/h3-13,19H,2,14H2,1H3,(H,23,24)/t19-/m1/s1. The van der Waals surface area contributed by atoms with Crippen molar-refractivity contribution < 1.29 is 13.9 Å². The zero-order valence-corrected chi connectivity index (χ0v) is 14.0. The number of carbonyl (C=O) groups is 1. The van der Waals surface area contributed by atoms with Gasteiger partial charge in [-0.25, -0.2) is 4.39 Å². The summed E-state index contributed by atoms with van der Waals surface area (Å²) in [5.74, 6) is -0.629. The van der Waals surface area contributed by atoms with Gasteiger partial charge in [-0.3, -0.25) is 4.79 Å². The minimum Gasteiger partial charge on any atom is -0.478 e. The van der Waals surface area contributed by atoms with Gasteiger partial charge < -0.3 is 10.1 Å². The Labute approximate surface area is 146 Å². The van der Waals surface area contributed by atoms with E-state index >= 15 is 0 Å². The molecule has 3 rings (SSSR count). The second kappa shape index (κ2) is 7.79. The van der Waals surface area contributed by atoms with E-state index < -0.39 is 11.9 Å². The lowest BCUT2D eigenvalue weighted by Gasteiger charge is -2.18. The Morgan fingerprint density at radius 1 is 1.04 bits per heavy atom. The van der Waals surface area contributed by atoms with Crippen LogP contribution in [-0.2, 0) is 11.3 Å². The van der Waals surface area contributed by atoms with Gasteiger partial charge in [-0.05, 0) is 34.9 Å². The van der Waals surface area contributed by atoms with Gasteiger partial charge in [-0.1, -0.05) is 61.5 Å². The van der Waals surface area contributed by atoms with E-state index in [2.05, 4.69) is 5.32 Å². The first-order chi connectivity index (χ1) is 12.2. The van der Waals surface area contributed by atoms with Gasteiger partial charge in [0, 0.05) is 6.54 Å². The third kappa shape index (κ3) is 3.97. The molecule has 0 bridgehead atoms. The largest absolute Gasteiger partial charge is 0.478 e. The molecule has 3 nitrogen and oxygen atoms in total. The van der Waals surface area contributed by atoms with Crippen LogP contribution in [0.2, 0.25) is 0 Å². The van der Waals surface area contributed by atoms with Crippen molar-refractivity contribution in [1.82, 2.24) is 5.32 Å². The van der Waals surface area contributed by atoms with Gasteiger partial charge >= 0.3 is 0 Å². The number of halogens is 1. The van der Waals surface area contributed by atoms with Crippen molar-refractivity contribution in [3.05, 3.63) is 78.1 Å². The first-order valence-electron chi connectivity index (χ1n) is 8.34. The normalized spacial score (nSPS) is 11.9. The van der Waals surface area contributed by atoms with Gasteiger partial charge in [-0.2, -0.15) is 0 Å². The van der Waals surface area contributed by atoms with E-state index in [0.29, 0.717) is 13.0 Å². The van der Waals surface area contributed by atoms with Crippen LogP contribution in [0.25, 0.3) is 10.8 Å². The van der Waals surface area contributed by atoms with Crippen LogP contribution < -0.4 is 10.1 Å². The van der Waals surface area contributed by atoms with Gasteiger partial charge in [0.1, 0.15) is 0 Å². The third-order valence-electron chi connectivity index (χ3n) is 4.10. The Kier molecular flexibility index (Phi) is 5.29. The molecule has 1 atom stereocenters. The number of para-hydroxylation sites is 1. The summed E-state index contributed by atoms with van der Waals surface area (Å²) < 4.78 is 19.3. The molecular formula is C21H20FNO2. The molecule has 0 aliphatic carbocycles. The fourth-order valence-corrected chi connectivity index (χ4v) is 2.76. The molecule has 0 spiro atoms. The number of fused-ring (bicyclic) bond motifs is 1. The third-order valence-corrected chi connectivity index (χ3v) is 4.10. The van der Waals surface area contributed by atoms with Crippen LogP contribution in [-0.4, -0.2) is 12.0 Å². The fraction of sp³-hybridized carbons (Fsp3) is 0.190. The summed E-state index contributed by atoms with van der Waals surface area (Å²) in [5.41, 5.74) is 1.03. The lowest BCUT2D eigenvalue weighted by Crippen LogP contribution is -2.37. The minimum atomic E-state index is -0.730. The molecule has 1 N–H and O–H groups in total. The molecule has 1 amide bonds. The van der Waals surface area contributed by atoms with Crippen molar-refractivity contribution in [3.8, 4) is 5.75 Å². The predicted molar refractivity (Wildman–Crippen MR) is 96.9 cm³/mol. The van der Waals surface area contributed by atoms with E-state index in [0.717, 1.165) is 16.3 Å². The number of carbonyl (C=O) groups excluding carboxylic acids is 1. The first-order valence-corrected chi connectivity index (χ1v) is 8.34. The van der Waals surface area contributed by atoms with Crippen molar-refractivity contribution >= 4 is 16.7 Å². The zero-order valence-electron chi connectivity index (χ0n) is 14.0. The molecule has 0 aliphatic rings. The van der Waals surface area contributed by atoms with Crippen LogP contribution in [0.1, 0.15) is 18.9 Å². The summed E-state index contributed by atoms with van der Waals surface area (Å²) in [5, 5.41) is 5.13. The molecule has 0 radical (unpaired) electrons. The Bertz CT molecular complexity index is 873. The summed E-state index contributed by atoms with van der Waals surface area (Å²) in [7, 11) is 0. The second-order valence-corrected chi connectivity index (χ2v) is 5.80. The molecule has 25 heavy (non-hydrogen) atoms. The first kappa shape index (κ1) is 17.0. The van der Waals surface area contributed by atoms with Crippen molar-refractivity contribution in [3.63, 3.8) is 0 Å². The average Bonchev–Trinajstić information content (AvgIpc) is 2.65. The van der Waals surface area contributed by atoms with Crippen LogP contribution in [0.4, 0.5) is 4.39 Å². The number of amides is 1.